The third kappa shape index (κ3) is 9.46. The van der Waals surface area contributed by atoms with Crippen molar-refractivity contribution in [2.24, 2.45) is 5.41 Å². The van der Waals surface area contributed by atoms with Gasteiger partial charge in [0.15, 0.2) is 0 Å². The standard InChI is InChI=1S/C15H32N2O/c1-7-8-10-17(11-9-16-13(2)3)14(18)12-15(4,5)6/h13,16H,7-12H2,1-6H3. The Hall–Kier alpha value is -0.570. The van der Waals surface area contributed by atoms with Crippen molar-refractivity contribution in [3.05, 3.63) is 0 Å². The van der Waals surface area contributed by atoms with Gasteiger partial charge in [0.1, 0.15) is 0 Å². The SMILES string of the molecule is CCCCN(CCNC(C)C)C(=O)CC(C)(C)C. The van der Waals surface area contributed by atoms with E-state index in [1.165, 1.54) is 0 Å². The number of carbonyl (C=O) groups is 1. The number of hydrogen-bond donors (Lipinski definition) is 1. The maximum Gasteiger partial charge on any atom is 0.223 e. The van der Waals surface area contributed by atoms with E-state index in [0.717, 1.165) is 32.5 Å². The number of unbranched alkanes of at least 4 members (excludes halogenated alkanes) is 1. The van der Waals surface area contributed by atoms with E-state index >= 15 is 0 Å². The molecule has 108 valence electrons. The number of nitrogens with one attached hydrogen (secondary N) is 1. The summed E-state index contributed by atoms with van der Waals surface area (Å²) < 4.78 is 0. The van der Waals surface area contributed by atoms with E-state index in [2.05, 4.69) is 46.9 Å². The fourth-order valence-electron chi connectivity index (χ4n) is 1.76. The maximum absolute atomic E-state index is 12.2. The Kier molecular flexibility index (Phi) is 8.25. The summed E-state index contributed by atoms with van der Waals surface area (Å²) in [5.41, 5.74) is 0.0764. The highest BCUT2D eigenvalue weighted by Crippen LogP contribution is 2.19. The van der Waals surface area contributed by atoms with E-state index < -0.39 is 0 Å². The van der Waals surface area contributed by atoms with Gasteiger partial charge in [0.2, 0.25) is 5.91 Å². The average Bonchev–Trinajstić information content (AvgIpc) is 2.19. The van der Waals surface area contributed by atoms with E-state index in [4.69, 9.17) is 0 Å². The van der Waals surface area contributed by atoms with Crippen LogP contribution in [-0.2, 0) is 4.79 Å². The average molecular weight is 256 g/mol. The molecule has 0 unspecified atom stereocenters. The summed E-state index contributed by atoms with van der Waals surface area (Å²) in [6.07, 6.45) is 2.87. The largest absolute Gasteiger partial charge is 0.341 e. The second kappa shape index (κ2) is 8.52. The van der Waals surface area contributed by atoms with Gasteiger partial charge < -0.3 is 10.2 Å². The van der Waals surface area contributed by atoms with Gasteiger partial charge in [-0.1, -0.05) is 48.0 Å². The minimum atomic E-state index is 0.0764. The summed E-state index contributed by atoms with van der Waals surface area (Å²) in [5, 5.41) is 3.38. The van der Waals surface area contributed by atoms with Crippen molar-refractivity contribution in [1.82, 2.24) is 10.2 Å². The first kappa shape index (κ1) is 17.4. The zero-order valence-corrected chi connectivity index (χ0v) is 13.2. The van der Waals surface area contributed by atoms with Crippen LogP contribution >= 0.6 is 0 Å². The molecule has 0 aliphatic heterocycles. The molecule has 0 fully saturated rings. The first-order chi connectivity index (χ1) is 8.26. The van der Waals surface area contributed by atoms with Crippen LogP contribution in [0.3, 0.4) is 0 Å². The molecule has 0 atom stereocenters. The predicted molar refractivity (Wildman–Crippen MR) is 78.7 cm³/mol. The number of nitrogens with zero attached hydrogens (tertiary/aromatic N) is 1. The lowest BCUT2D eigenvalue weighted by Gasteiger charge is -2.27. The lowest BCUT2D eigenvalue weighted by atomic mass is 9.91. The molecule has 0 aliphatic rings. The van der Waals surface area contributed by atoms with Gasteiger partial charge in [0, 0.05) is 32.1 Å². The van der Waals surface area contributed by atoms with Crippen molar-refractivity contribution in [2.75, 3.05) is 19.6 Å². The van der Waals surface area contributed by atoms with Crippen molar-refractivity contribution in [3.8, 4) is 0 Å². The first-order valence-corrected chi connectivity index (χ1v) is 7.27. The van der Waals surface area contributed by atoms with Crippen LogP contribution in [0.4, 0.5) is 0 Å². The molecule has 0 rings (SSSR count). The van der Waals surface area contributed by atoms with E-state index in [1.54, 1.807) is 0 Å². The molecule has 0 bridgehead atoms. The Morgan fingerprint density at radius 3 is 2.28 bits per heavy atom. The summed E-state index contributed by atoms with van der Waals surface area (Å²) >= 11 is 0. The van der Waals surface area contributed by atoms with Crippen LogP contribution in [0.2, 0.25) is 0 Å². The molecule has 1 N–H and O–H groups in total. The molecule has 0 saturated carbocycles. The second-order valence-electron chi connectivity index (χ2n) is 6.58. The summed E-state index contributed by atoms with van der Waals surface area (Å²) in [6, 6.07) is 0.482. The van der Waals surface area contributed by atoms with E-state index in [0.29, 0.717) is 18.4 Å². The molecule has 0 aromatic heterocycles. The van der Waals surface area contributed by atoms with Crippen LogP contribution in [0.15, 0.2) is 0 Å². The third-order valence-electron chi connectivity index (χ3n) is 2.75. The van der Waals surface area contributed by atoms with Gasteiger partial charge in [0.25, 0.3) is 0 Å². The highest BCUT2D eigenvalue weighted by atomic mass is 16.2. The Morgan fingerprint density at radius 1 is 1.22 bits per heavy atom. The molecule has 0 aromatic carbocycles. The molecule has 3 heteroatoms. The van der Waals surface area contributed by atoms with Crippen molar-refractivity contribution >= 4 is 5.91 Å². The zero-order valence-electron chi connectivity index (χ0n) is 13.2. The topological polar surface area (TPSA) is 32.3 Å². The minimum absolute atomic E-state index is 0.0764. The van der Waals surface area contributed by atoms with Gasteiger partial charge in [-0.25, -0.2) is 0 Å². The van der Waals surface area contributed by atoms with Crippen LogP contribution in [0, 0.1) is 5.41 Å². The quantitative estimate of drug-likeness (QED) is 0.724. The van der Waals surface area contributed by atoms with Crippen LogP contribution in [0.1, 0.15) is 60.8 Å². The predicted octanol–water partition coefficient (Wildman–Crippen LogP) is 3.05. The zero-order chi connectivity index (χ0) is 14.2. The fraction of sp³-hybridized carbons (Fsp3) is 0.933. The van der Waals surface area contributed by atoms with Crippen LogP contribution in [-0.4, -0.2) is 36.5 Å². The smallest absolute Gasteiger partial charge is 0.223 e. The molecule has 0 saturated heterocycles. The third-order valence-corrected chi connectivity index (χ3v) is 2.75. The summed E-state index contributed by atoms with van der Waals surface area (Å²) in [4.78, 5) is 14.3. The summed E-state index contributed by atoms with van der Waals surface area (Å²) in [6.45, 7) is 15.4. The Morgan fingerprint density at radius 2 is 1.83 bits per heavy atom. The Balaban J connectivity index is 4.24. The second-order valence-corrected chi connectivity index (χ2v) is 6.58. The van der Waals surface area contributed by atoms with Gasteiger partial charge in [-0.05, 0) is 11.8 Å². The van der Waals surface area contributed by atoms with Gasteiger partial charge in [-0.2, -0.15) is 0 Å². The fourth-order valence-corrected chi connectivity index (χ4v) is 1.76. The van der Waals surface area contributed by atoms with Crippen LogP contribution in [0.5, 0.6) is 0 Å². The lowest BCUT2D eigenvalue weighted by molar-refractivity contribution is -0.133. The molecule has 0 spiro atoms. The van der Waals surface area contributed by atoms with Gasteiger partial charge in [-0.15, -0.1) is 0 Å². The molecular weight excluding hydrogens is 224 g/mol. The highest BCUT2D eigenvalue weighted by molar-refractivity contribution is 5.76. The van der Waals surface area contributed by atoms with Gasteiger partial charge >= 0.3 is 0 Å². The first-order valence-electron chi connectivity index (χ1n) is 7.27. The van der Waals surface area contributed by atoms with Crippen molar-refractivity contribution in [3.63, 3.8) is 0 Å². The number of hydrogen-bond acceptors (Lipinski definition) is 2. The number of rotatable bonds is 8. The Bertz CT molecular complexity index is 231. The Labute approximate surface area is 113 Å². The van der Waals surface area contributed by atoms with Gasteiger partial charge in [-0.3, -0.25) is 4.79 Å². The number of amides is 1. The maximum atomic E-state index is 12.2. The van der Waals surface area contributed by atoms with Crippen LogP contribution < -0.4 is 5.32 Å². The molecule has 0 radical (unpaired) electrons. The molecule has 0 aromatic rings. The van der Waals surface area contributed by atoms with Gasteiger partial charge in [0.05, 0.1) is 0 Å². The molecular formula is C15H32N2O. The monoisotopic (exact) mass is 256 g/mol. The number of carbonyl (C=O) groups excluding carboxylic acids is 1. The highest BCUT2D eigenvalue weighted by Gasteiger charge is 2.20. The molecule has 0 heterocycles. The lowest BCUT2D eigenvalue weighted by Crippen LogP contribution is -2.40. The summed E-state index contributed by atoms with van der Waals surface area (Å²) in [5.74, 6) is 0.293. The van der Waals surface area contributed by atoms with E-state index in [1.807, 2.05) is 4.90 Å². The summed E-state index contributed by atoms with van der Waals surface area (Å²) in [7, 11) is 0. The van der Waals surface area contributed by atoms with Crippen molar-refractivity contribution in [2.45, 2.75) is 66.8 Å². The minimum Gasteiger partial charge on any atom is -0.341 e. The normalized spacial score (nSPS) is 11.9. The molecule has 18 heavy (non-hydrogen) atoms. The van der Waals surface area contributed by atoms with Crippen molar-refractivity contribution < 1.29 is 4.79 Å². The van der Waals surface area contributed by atoms with Crippen molar-refractivity contribution in [1.29, 1.82) is 0 Å². The van der Waals surface area contributed by atoms with E-state index in [9.17, 15) is 4.79 Å². The van der Waals surface area contributed by atoms with E-state index in [-0.39, 0.29) is 5.41 Å². The molecule has 3 nitrogen and oxygen atoms in total. The molecule has 1 amide bonds. The van der Waals surface area contributed by atoms with Crippen LogP contribution in [0.25, 0.3) is 0 Å². The molecule has 0 aliphatic carbocycles.